The number of hydrogen-bond donors (Lipinski definition) is 1. The molecule has 5 nitrogen and oxygen atoms in total. The number of nitrogens with one attached hydrogen (secondary N) is 1. The molecule has 5 heteroatoms. The average molecular weight is 310 g/mol. The lowest BCUT2D eigenvalue weighted by molar-refractivity contribution is -0.121. The van der Waals surface area contributed by atoms with Crippen LogP contribution in [-0.4, -0.2) is 10.9 Å². The summed E-state index contributed by atoms with van der Waals surface area (Å²) in [7, 11) is 0. The summed E-state index contributed by atoms with van der Waals surface area (Å²) in [5.74, 6) is 2.15. The lowest BCUT2D eigenvalue weighted by atomic mass is 10.2. The normalized spacial score (nSPS) is 10.6. The van der Waals surface area contributed by atoms with E-state index in [9.17, 15) is 4.79 Å². The maximum absolute atomic E-state index is 11.8. The number of amides is 1. The van der Waals surface area contributed by atoms with Crippen LogP contribution in [0.25, 0.3) is 11.3 Å². The van der Waals surface area contributed by atoms with E-state index >= 15 is 0 Å². The second-order valence-electron chi connectivity index (χ2n) is 5.19. The van der Waals surface area contributed by atoms with Crippen LogP contribution >= 0.6 is 0 Å². The van der Waals surface area contributed by atoms with Gasteiger partial charge in [-0.2, -0.15) is 0 Å². The molecule has 0 fully saturated rings. The Balaban J connectivity index is 1.42. The lowest BCUT2D eigenvalue weighted by Gasteiger charge is -2.02. The third kappa shape index (κ3) is 4.32. The minimum absolute atomic E-state index is 0.00348. The number of carbonyl (C=O) groups excluding carboxylic acids is 1. The van der Waals surface area contributed by atoms with E-state index in [-0.39, 0.29) is 5.91 Å². The third-order valence-electron chi connectivity index (χ3n) is 3.45. The first-order valence-electron chi connectivity index (χ1n) is 7.60. The fraction of sp³-hybridized carbons (Fsp3) is 0.222. The van der Waals surface area contributed by atoms with Gasteiger partial charge in [0.15, 0.2) is 11.7 Å². The third-order valence-corrected chi connectivity index (χ3v) is 3.45. The summed E-state index contributed by atoms with van der Waals surface area (Å²) in [5.41, 5.74) is 1.00. The highest BCUT2D eigenvalue weighted by atomic mass is 16.4. The summed E-state index contributed by atoms with van der Waals surface area (Å²) in [6.45, 7) is 0.420. The lowest BCUT2D eigenvalue weighted by Crippen LogP contribution is -2.22. The highest BCUT2D eigenvalue weighted by molar-refractivity contribution is 5.75. The number of hydrogen-bond acceptors (Lipinski definition) is 4. The van der Waals surface area contributed by atoms with Gasteiger partial charge >= 0.3 is 0 Å². The van der Waals surface area contributed by atoms with Gasteiger partial charge in [-0.25, -0.2) is 4.98 Å². The van der Waals surface area contributed by atoms with Gasteiger partial charge in [-0.1, -0.05) is 30.3 Å². The fourth-order valence-electron chi connectivity index (χ4n) is 2.25. The van der Waals surface area contributed by atoms with Crippen LogP contribution in [0.5, 0.6) is 0 Å². The molecule has 1 aromatic carbocycles. The molecule has 3 rings (SSSR count). The van der Waals surface area contributed by atoms with Gasteiger partial charge in [-0.15, -0.1) is 0 Å². The number of aromatic nitrogens is 1. The first-order chi connectivity index (χ1) is 11.3. The molecule has 23 heavy (non-hydrogen) atoms. The fourth-order valence-corrected chi connectivity index (χ4v) is 2.25. The summed E-state index contributed by atoms with van der Waals surface area (Å²) >= 11 is 0. The average Bonchev–Trinajstić information content (AvgIpc) is 3.26. The van der Waals surface area contributed by atoms with Gasteiger partial charge in [-0.3, -0.25) is 4.79 Å². The van der Waals surface area contributed by atoms with Gasteiger partial charge in [0.1, 0.15) is 5.76 Å². The Bertz CT molecular complexity index is 733. The SMILES string of the molecule is O=C(CCCc1ncc(-c2ccccc2)o1)NCc1ccco1. The molecule has 0 saturated carbocycles. The van der Waals surface area contributed by atoms with Gasteiger partial charge in [-0.05, 0) is 18.6 Å². The summed E-state index contributed by atoms with van der Waals surface area (Å²) in [6.07, 6.45) is 5.08. The van der Waals surface area contributed by atoms with Crippen LogP contribution in [0.4, 0.5) is 0 Å². The van der Waals surface area contributed by atoms with Crippen LogP contribution < -0.4 is 5.32 Å². The van der Waals surface area contributed by atoms with E-state index in [4.69, 9.17) is 8.83 Å². The van der Waals surface area contributed by atoms with Gasteiger partial charge in [0.2, 0.25) is 5.91 Å². The van der Waals surface area contributed by atoms with E-state index in [0.717, 1.165) is 17.1 Å². The summed E-state index contributed by atoms with van der Waals surface area (Å²) in [6, 6.07) is 13.5. The Morgan fingerprint density at radius 3 is 2.78 bits per heavy atom. The molecule has 1 N–H and O–H groups in total. The number of nitrogens with zero attached hydrogens (tertiary/aromatic N) is 1. The Labute approximate surface area is 134 Å². The van der Waals surface area contributed by atoms with Crippen molar-refractivity contribution in [3.05, 3.63) is 66.6 Å². The summed E-state index contributed by atoms with van der Waals surface area (Å²) < 4.78 is 10.9. The van der Waals surface area contributed by atoms with Gasteiger partial charge < -0.3 is 14.2 Å². The Kier molecular flexibility index (Phi) is 4.88. The number of benzene rings is 1. The van der Waals surface area contributed by atoms with Gasteiger partial charge in [0.05, 0.1) is 19.0 Å². The van der Waals surface area contributed by atoms with Crippen molar-refractivity contribution in [1.82, 2.24) is 10.3 Å². The van der Waals surface area contributed by atoms with E-state index in [2.05, 4.69) is 10.3 Å². The predicted molar refractivity (Wildman–Crippen MR) is 85.4 cm³/mol. The zero-order valence-electron chi connectivity index (χ0n) is 12.7. The molecule has 0 aliphatic rings. The molecule has 0 radical (unpaired) electrons. The first kappa shape index (κ1) is 15.1. The number of rotatable bonds is 7. The molecule has 0 aliphatic heterocycles. The molecule has 2 aromatic heterocycles. The van der Waals surface area contributed by atoms with Crippen molar-refractivity contribution in [2.45, 2.75) is 25.8 Å². The maximum atomic E-state index is 11.8. The van der Waals surface area contributed by atoms with Crippen LogP contribution in [-0.2, 0) is 17.8 Å². The standard InChI is InChI=1S/C18H18N2O3/c21-17(19-12-15-8-5-11-22-15)9-4-10-18-20-13-16(23-18)14-6-2-1-3-7-14/h1-3,5-8,11,13H,4,9-10,12H2,(H,19,21). The highest BCUT2D eigenvalue weighted by Crippen LogP contribution is 2.20. The van der Waals surface area contributed by atoms with Crippen LogP contribution in [0.3, 0.4) is 0 Å². The number of furan rings is 1. The minimum Gasteiger partial charge on any atom is -0.467 e. The quantitative estimate of drug-likeness (QED) is 0.724. The van der Waals surface area contributed by atoms with Crippen molar-refractivity contribution in [1.29, 1.82) is 0 Å². The largest absolute Gasteiger partial charge is 0.467 e. The first-order valence-corrected chi connectivity index (χ1v) is 7.60. The van der Waals surface area contributed by atoms with Crippen LogP contribution in [0.2, 0.25) is 0 Å². The van der Waals surface area contributed by atoms with E-state index in [1.807, 2.05) is 36.4 Å². The van der Waals surface area contributed by atoms with Crippen LogP contribution in [0, 0.1) is 0 Å². The monoisotopic (exact) mass is 310 g/mol. The van der Waals surface area contributed by atoms with E-state index in [0.29, 0.717) is 31.7 Å². The van der Waals surface area contributed by atoms with Crippen molar-refractivity contribution in [3.8, 4) is 11.3 Å². The highest BCUT2D eigenvalue weighted by Gasteiger charge is 2.08. The van der Waals surface area contributed by atoms with Crippen molar-refractivity contribution in [2.24, 2.45) is 0 Å². The van der Waals surface area contributed by atoms with Crippen LogP contribution in [0.15, 0.2) is 63.8 Å². The molecule has 2 heterocycles. The molecular weight excluding hydrogens is 292 g/mol. The number of carbonyl (C=O) groups is 1. The molecule has 0 unspecified atom stereocenters. The van der Waals surface area contributed by atoms with Gasteiger partial charge in [0, 0.05) is 18.4 Å². The van der Waals surface area contributed by atoms with Crippen molar-refractivity contribution < 1.29 is 13.6 Å². The molecule has 118 valence electrons. The Morgan fingerprint density at radius 2 is 2.00 bits per heavy atom. The topological polar surface area (TPSA) is 68.3 Å². The molecule has 0 aliphatic carbocycles. The van der Waals surface area contributed by atoms with Gasteiger partial charge in [0.25, 0.3) is 0 Å². The summed E-state index contributed by atoms with van der Waals surface area (Å²) in [4.78, 5) is 16.0. The Morgan fingerprint density at radius 1 is 1.13 bits per heavy atom. The zero-order valence-corrected chi connectivity index (χ0v) is 12.7. The Hall–Kier alpha value is -2.82. The number of oxazole rings is 1. The van der Waals surface area contributed by atoms with Crippen molar-refractivity contribution >= 4 is 5.91 Å². The van der Waals surface area contributed by atoms with E-state index in [1.54, 1.807) is 18.5 Å². The molecule has 0 saturated heterocycles. The molecular formula is C18H18N2O3. The zero-order chi connectivity index (χ0) is 15.9. The van der Waals surface area contributed by atoms with E-state index in [1.165, 1.54) is 0 Å². The molecule has 0 atom stereocenters. The molecule has 0 bridgehead atoms. The second-order valence-corrected chi connectivity index (χ2v) is 5.19. The smallest absolute Gasteiger partial charge is 0.220 e. The molecule has 3 aromatic rings. The molecule has 1 amide bonds. The minimum atomic E-state index is -0.00348. The van der Waals surface area contributed by atoms with Crippen LogP contribution in [0.1, 0.15) is 24.5 Å². The van der Waals surface area contributed by atoms with Crippen molar-refractivity contribution in [3.63, 3.8) is 0 Å². The van der Waals surface area contributed by atoms with Crippen molar-refractivity contribution in [2.75, 3.05) is 0 Å². The summed E-state index contributed by atoms with van der Waals surface area (Å²) in [5, 5.41) is 2.82. The maximum Gasteiger partial charge on any atom is 0.220 e. The number of aryl methyl sites for hydroxylation is 1. The molecule has 0 spiro atoms. The predicted octanol–water partition coefficient (Wildman–Crippen LogP) is 3.57. The van der Waals surface area contributed by atoms with E-state index < -0.39 is 0 Å². The second kappa shape index (κ2) is 7.45.